The molecule has 0 atom stereocenters. The average molecular weight is 360 g/mol. The van der Waals surface area contributed by atoms with E-state index in [0.717, 1.165) is 12.1 Å². The largest absolute Gasteiger partial charge is 0.507 e. The predicted molar refractivity (Wildman–Crippen MR) is 75.2 cm³/mol. The molecule has 0 spiro atoms. The summed E-state index contributed by atoms with van der Waals surface area (Å²) in [4.78, 5) is 12.0. The van der Waals surface area contributed by atoms with Gasteiger partial charge in [-0.25, -0.2) is 0 Å². The first kappa shape index (κ1) is 15.4. The van der Waals surface area contributed by atoms with Gasteiger partial charge >= 0.3 is 6.18 Å². The first-order valence-electron chi connectivity index (χ1n) is 5.75. The van der Waals surface area contributed by atoms with Gasteiger partial charge in [-0.3, -0.25) is 4.79 Å². The van der Waals surface area contributed by atoms with Crippen LogP contribution < -0.4 is 5.32 Å². The van der Waals surface area contributed by atoms with Crippen LogP contribution >= 0.6 is 15.9 Å². The molecule has 0 aliphatic carbocycles. The summed E-state index contributed by atoms with van der Waals surface area (Å²) in [5, 5.41) is 11.7. The number of hydrogen-bond donors (Lipinski definition) is 2. The van der Waals surface area contributed by atoms with Crippen molar-refractivity contribution in [2.24, 2.45) is 0 Å². The number of aromatic hydroxyl groups is 1. The molecule has 0 saturated heterocycles. The van der Waals surface area contributed by atoms with Crippen molar-refractivity contribution in [2.45, 2.75) is 6.18 Å². The van der Waals surface area contributed by atoms with Crippen molar-refractivity contribution in [3.63, 3.8) is 0 Å². The monoisotopic (exact) mass is 359 g/mol. The van der Waals surface area contributed by atoms with Gasteiger partial charge in [-0.15, -0.1) is 0 Å². The molecule has 0 bridgehead atoms. The molecule has 2 N–H and O–H groups in total. The third-order valence-corrected chi connectivity index (χ3v) is 3.36. The summed E-state index contributed by atoms with van der Waals surface area (Å²) in [6.45, 7) is 0. The number of halogens is 4. The number of amides is 1. The lowest BCUT2D eigenvalue weighted by Crippen LogP contribution is -2.16. The van der Waals surface area contributed by atoms with Gasteiger partial charge in [0.05, 0.1) is 15.7 Å². The zero-order valence-electron chi connectivity index (χ0n) is 10.4. The predicted octanol–water partition coefficient (Wildman–Crippen LogP) is 4.43. The SMILES string of the molecule is O=C(Nc1ccccc1C(F)(F)F)c1ccc(Br)c(O)c1. The van der Waals surface area contributed by atoms with Crippen molar-refractivity contribution >= 4 is 27.5 Å². The average Bonchev–Trinajstić information content (AvgIpc) is 2.41. The number of hydrogen-bond acceptors (Lipinski definition) is 2. The van der Waals surface area contributed by atoms with E-state index in [4.69, 9.17) is 0 Å². The zero-order valence-corrected chi connectivity index (χ0v) is 12.0. The number of phenols is 1. The normalized spacial score (nSPS) is 11.2. The lowest BCUT2D eigenvalue weighted by molar-refractivity contribution is -0.136. The number of rotatable bonds is 2. The molecule has 0 radical (unpaired) electrons. The van der Waals surface area contributed by atoms with Gasteiger partial charge in [0.2, 0.25) is 0 Å². The van der Waals surface area contributed by atoms with Crippen molar-refractivity contribution in [3.8, 4) is 5.75 Å². The Morgan fingerprint density at radius 3 is 2.43 bits per heavy atom. The molecule has 0 aliphatic rings. The summed E-state index contributed by atoms with van der Waals surface area (Å²) in [7, 11) is 0. The Balaban J connectivity index is 2.30. The minimum atomic E-state index is -4.56. The molecule has 2 aromatic rings. The van der Waals surface area contributed by atoms with Gasteiger partial charge in [-0.05, 0) is 46.3 Å². The van der Waals surface area contributed by atoms with E-state index in [0.29, 0.717) is 4.47 Å². The van der Waals surface area contributed by atoms with Crippen LogP contribution in [0, 0.1) is 0 Å². The molecular weight excluding hydrogens is 351 g/mol. The fourth-order valence-corrected chi connectivity index (χ4v) is 1.93. The van der Waals surface area contributed by atoms with Crippen molar-refractivity contribution in [2.75, 3.05) is 5.32 Å². The van der Waals surface area contributed by atoms with Gasteiger partial charge in [-0.1, -0.05) is 12.1 Å². The summed E-state index contributed by atoms with van der Waals surface area (Å²) >= 11 is 3.05. The molecule has 2 aromatic carbocycles. The molecule has 0 aliphatic heterocycles. The maximum atomic E-state index is 12.8. The van der Waals surface area contributed by atoms with Crippen molar-refractivity contribution in [1.82, 2.24) is 0 Å². The topological polar surface area (TPSA) is 49.3 Å². The van der Waals surface area contributed by atoms with Crippen molar-refractivity contribution < 1.29 is 23.1 Å². The molecule has 21 heavy (non-hydrogen) atoms. The fourth-order valence-electron chi connectivity index (χ4n) is 1.69. The lowest BCUT2D eigenvalue weighted by Gasteiger charge is -2.13. The maximum Gasteiger partial charge on any atom is 0.418 e. The minimum absolute atomic E-state index is 0.0488. The van der Waals surface area contributed by atoms with Crippen LogP contribution in [0.1, 0.15) is 15.9 Å². The number of benzene rings is 2. The van der Waals surface area contributed by atoms with E-state index in [-0.39, 0.29) is 17.0 Å². The molecule has 0 fully saturated rings. The van der Waals surface area contributed by atoms with Crippen LogP contribution in [0.2, 0.25) is 0 Å². The Hall–Kier alpha value is -2.02. The summed E-state index contributed by atoms with van der Waals surface area (Å²) in [5.74, 6) is -0.916. The number of nitrogens with one attached hydrogen (secondary N) is 1. The Kier molecular flexibility index (Phi) is 4.22. The third-order valence-electron chi connectivity index (χ3n) is 2.69. The molecule has 2 rings (SSSR count). The number of para-hydroxylation sites is 1. The molecule has 110 valence electrons. The fraction of sp³-hybridized carbons (Fsp3) is 0.0714. The molecular formula is C14H9BrF3NO2. The standard InChI is InChI=1S/C14H9BrF3NO2/c15-10-6-5-8(7-12(10)20)13(21)19-11-4-2-1-3-9(11)14(16,17)18/h1-7,20H,(H,19,21). The molecule has 7 heteroatoms. The number of carbonyl (C=O) groups excluding carboxylic acids is 1. The Labute approximate surface area is 126 Å². The number of alkyl halides is 3. The second-order valence-corrected chi connectivity index (χ2v) is 5.02. The zero-order chi connectivity index (χ0) is 15.6. The Morgan fingerprint density at radius 2 is 1.81 bits per heavy atom. The number of anilines is 1. The highest BCUT2D eigenvalue weighted by molar-refractivity contribution is 9.10. The number of phenolic OH excluding ortho intramolecular Hbond substituents is 1. The molecule has 0 saturated carbocycles. The molecule has 0 aromatic heterocycles. The highest BCUT2D eigenvalue weighted by Gasteiger charge is 2.33. The van der Waals surface area contributed by atoms with E-state index in [1.165, 1.54) is 30.3 Å². The first-order chi connectivity index (χ1) is 9.79. The summed E-state index contributed by atoms with van der Waals surface area (Å²) in [6.07, 6.45) is -4.56. The molecule has 3 nitrogen and oxygen atoms in total. The number of carbonyl (C=O) groups is 1. The van der Waals surface area contributed by atoms with Crippen LogP contribution in [-0.2, 0) is 6.18 Å². The van der Waals surface area contributed by atoms with E-state index in [1.807, 2.05) is 0 Å². The van der Waals surface area contributed by atoms with E-state index in [9.17, 15) is 23.1 Å². The highest BCUT2D eigenvalue weighted by atomic mass is 79.9. The summed E-state index contributed by atoms with van der Waals surface area (Å²) < 4.78 is 38.8. The van der Waals surface area contributed by atoms with E-state index >= 15 is 0 Å². The quantitative estimate of drug-likeness (QED) is 0.833. The van der Waals surface area contributed by atoms with Crippen LogP contribution in [0.25, 0.3) is 0 Å². The van der Waals surface area contributed by atoms with Crippen LogP contribution in [0.3, 0.4) is 0 Å². The second kappa shape index (κ2) is 5.77. The third kappa shape index (κ3) is 3.55. The van der Waals surface area contributed by atoms with Gasteiger partial charge in [0.15, 0.2) is 0 Å². The van der Waals surface area contributed by atoms with Gasteiger partial charge in [0.1, 0.15) is 5.75 Å². The van der Waals surface area contributed by atoms with E-state index in [2.05, 4.69) is 21.2 Å². The summed E-state index contributed by atoms with van der Waals surface area (Å²) in [5.41, 5.74) is -1.22. The first-order valence-corrected chi connectivity index (χ1v) is 6.54. The molecule has 1 amide bonds. The van der Waals surface area contributed by atoms with Crippen LogP contribution in [0.15, 0.2) is 46.9 Å². The smallest absolute Gasteiger partial charge is 0.418 e. The highest BCUT2D eigenvalue weighted by Crippen LogP contribution is 2.35. The van der Waals surface area contributed by atoms with Crippen LogP contribution in [-0.4, -0.2) is 11.0 Å². The van der Waals surface area contributed by atoms with Gasteiger partial charge < -0.3 is 10.4 Å². The van der Waals surface area contributed by atoms with Gasteiger partial charge in [0.25, 0.3) is 5.91 Å². The van der Waals surface area contributed by atoms with E-state index in [1.54, 1.807) is 0 Å². The summed E-state index contributed by atoms with van der Waals surface area (Å²) in [6, 6.07) is 8.66. The maximum absolute atomic E-state index is 12.8. The Bertz CT molecular complexity index is 686. The van der Waals surface area contributed by atoms with Gasteiger partial charge in [-0.2, -0.15) is 13.2 Å². The van der Waals surface area contributed by atoms with Crippen molar-refractivity contribution in [1.29, 1.82) is 0 Å². The molecule has 0 heterocycles. The van der Waals surface area contributed by atoms with Crippen LogP contribution in [0.5, 0.6) is 5.75 Å². The lowest BCUT2D eigenvalue weighted by atomic mass is 10.1. The Morgan fingerprint density at radius 1 is 1.14 bits per heavy atom. The van der Waals surface area contributed by atoms with Gasteiger partial charge in [0, 0.05) is 5.56 Å². The second-order valence-electron chi connectivity index (χ2n) is 4.16. The van der Waals surface area contributed by atoms with Crippen LogP contribution in [0.4, 0.5) is 18.9 Å². The van der Waals surface area contributed by atoms with Crippen molar-refractivity contribution in [3.05, 3.63) is 58.1 Å². The molecule has 0 unspecified atom stereocenters. The van der Waals surface area contributed by atoms with E-state index < -0.39 is 17.6 Å². The minimum Gasteiger partial charge on any atom is -0.507 e.